The van der Waals surface area contributed by atoms with E-state index in [-0.39, 0.29) is 23.6 Å². The number of pyridine rings is 1. The molecule has 0 saturated heterocycles. The number of para-hydroxylation sites is 1. The van der Waals surface area contributed by atoms with Gasteiger partial charge in [-0.05, 0) is 29.8 Å². The number of rotatable bonds is 5. The zero-order valence-corrected chi connectivity index (χ0v) is 14.0. The molecule has 0 atom stereocenters. The van der Waals surface area contributed by atoms with Crippen molar-refractivity contribution in [2.75, 3.05) is 0 Å². The van der Waals surface area contributed by atoms with Crippen molar-refractivity contribution >= 4 is 28.5 Å². The highest BCUT2D eigenvalue weighted by molar-refractivity contribution is 7.98. The number of oxime groups is 1. The zero-order valence-electron chi connectivity index (χ0n) is 13.2. The lowest BCUT2D eigenvalue weighted by molar-refractivity contribution is 0.316. The Hall–Kier alpha value is -2.80. The molecular weight excluding hydrogens is 341 g/mol. The lowest BCUT2D eigenvalue weighted by Gasteiger charge is -2.16. The number of halogens is 1. The van der Waals surface area contributed by atoms with Gasteiger partial charge in [0.25, 0.3) is 0 Å². The van der Waals surface area contributed by atoms with Crippen LogP contribution in [-0.2, 0) is 12.3 Å². The molecule has 0 aliphatic heterocycles. The molecule has 1 heterocycles. The summed E-state index contributed by atoms with van der Waals surface area (Å²) in [4.78, 5) is 12.4. The Morgan fingerprint density at radius 3 is 2.64 bits per heavy atom. The third-order valence-electron chi connectivity index (χ3n) is 3.73. The van der Waals surface area contributed by atoms with Gasteiger partial charge in [0.2, 0.25) is 0 Å². The van der Waals surface area contributed by atoms with Crippen molar-refractivity contribution in [3.63, 3.8) is 0 Å². The monoisotopic (exact) mass is 357 g/mol. The second-order valence-electron chi connectivity index (χ2n) is 5.46. The standard InChI is InChI=1S/C18H16FN3O2S/c19-13-7-5-12(6-8-13)11-25-18-9-16(23)14-3-1-2-4-15(14)22(18)10-17(20)21-24/h1-9,24H,10-11H2,(H2,20,21). The van der Waals surface area contributed by atoms with Crippen LogP contribution in [0.1, 0.15) is 5.56 Å². The first-order chi connectivity index (χ1) is 12.1. The van der Waals surface area contributed by atoms with Crippen molar-refractivity contribution in [2.24, 2.45) is 10.9 Å². The molecule has 0 bridgehead atoms. The van der Waals surface area contributed by atoms with Gasteiger partial charge in [0.1, 0.15) is 5.82 Å². The Morgan fingerprint density at radius 2 is 1.92 bits per heavy atom. The number of fused-ring (bicyclic) bond motifs is 1. The summed E-state index contributed by atoms with van der Waals surface area (Å²) in [6.07, 6.45) is 0. The number of hydrogen-bond donors (Lipinski definition) is 2. The fourth-order valence-corrected chi connectivity index (χ4v) is 3.53. The molecule has 0 amide bonds. The van der Waals surface area contributed by atoms with Gasteiger partial charge in [-0.25, -0.2) is 4.39 Å². The van der Waals surface area contributed by atoms with Crippen LogP contribution < -0.4 is 11.2 Å². The summed E-state index contributed by atoms with van der Waals surface area (Å²) in [5.74, 6) is 0.314. The minimum Gasteiger partial charge on any atom is -0.409 e. The van der Waals surface area contributed by atoms with E-state index in [1.54, 1.807) is 30.3 Å². The highest BCUT2D eigenvalue weighted by Gasteiger charge is 2.11. The zero-order chi connectivity index (χ0) is 17.8. The Bertz CT molecular complexity index is 984. The van der Waals surface area contributed by atoms with Crippen LogP contribution in [0.15, 0.2) is 69.6 Å². The third-order valence-corrected chi connectivity index (χ3v) is 4.84. The van der Waals surface area contributed by atoms with Crippen LogP contribution in [-0.4, -0.2) is 15.6 Å². The first-order valence-corrected chi connectivity index (χ1v) is 8.53. The number of benzene rings is 2. The van der Waals surface area contributed by atoms with Crippen molar-refractivity contribution in [1.29, 1.82) is 0 Å². The molecule has 0 unspecified atom stereocenters. The summed E-state index contributed by atoms with van der Waals surface area (Å²) in [6, 6.07) is 14.9. The first kappa shape index (κ1) is 17.0. The third kappa shape index (κ3) is 3.83. The van der Waals surface area contributed by atoms with Crippen molar-refractivity contribution in [1.82, 2.24) is 4.57 Å². The molecule has 2 aromatic carbocycles. The van der Waals surface area contributed by atoms with Crippen LogP contribution in [0.3, 0.4) is 0 Å². The predicted octanol–water partition coefficient (Wildman–Crippen LogP) is 3.18. The molecule has 0 saturated carbocycles. The summed E-state index contributed by atoms with van der Waals surface area (Å²) < 4.78 is 14.9. The number of amidine groups is 1. The summed E-state index contributed by atoms with van der Waals surface area (Å²) in [6.45, 7) is 0.156. The molecule has 3 aromatic rings. The topological polar surface area (TPSA) is 80.6 Å². The first-order valence-electron chi connectivity index (χ1n) is 7.54. The summed E-state index contributed by atoms with van der Waals surface area (Å²) in [7, 11) is 0. The largest absolute Gasteiger partial charge is 0.409 e. The smallest absolute Gasteiger partial charge is 0.190 e. The molecule has 128 valence electrons. The number of nitrogens with zero attached hydrogens (tertiary/aromatic N) is 2. The van der Waals surface area contributed by atoms with Crippen molar-refractivity contribution in [3.05, 3.63) is 76.2 Å². The van der Waals surface area contributed by atoms with Crippen LogP contribution in [0.2, 0.25) is 0 Å². The van der Waals surface area contributed by atoms with Gasteiger partial charge >= 0.3 is 0 Å². The van der Waals surface area contributed by atoms with E-state index in [0.29, 0.717) is 21.7 Å². The Kier molecular flexibility index (Phi) is 5.04. The molecule has 0 radical (unpaired) electrons. The second-order valence-corrected chi connectivity index (χ2v) is 6.45. The molecule has 0 aliphatic carbocycles. The van der Waals surface area contributed by atoms with Gasteiger partial charge in [-0.3, -0.25) is 4.79 Å². The molecule has 7 heteroatoms. The molecule has 3 rings (SSSR count). The van der Waals surface area contributed by atoms with Crippen LogP contribution >= 0.6 is 11.8 Å². The van der Waals surface area contributed by atoms with Gasteiger partial charge in [0, 0.05) is 17.2 Å². The number of aromatic nitrogens is 1. The Morgan fingerprint density at radius 1 is 1.20 bits per heavy atom. The van der Waals surface area contributed by atoms with E-state index >= 15 is 0 Å². The van der Waals surface area contributed by atoms with Crippen LogP contribution in [0.5, 0.6) is 0 Å². The van der Waals surface area contributed by atoms with E-state index in [1.807, 2.05) is 16.7 Å². The fourth-order valence-electron chi connectivity index (χ4n) is 2.52. The average molecular weight is 357 g/mol. The quantitative estimate of drug-likeness (QED) is 0.242. The summed E-state index contributed by atoms with van der Waals surface area (Å²) in [5.41, 5.74) is 7.23. The van der Waals surface area contributed by atoms with Gasteiger partial charge in [-0.15, -0.1) is 11.8 Å². The van der Waals surface area contributed by atoms with Gasteiger partial charge in [-0.2, -0.15) is 0 Å². The Labute approximate surface area is 147 Å². The van der Waals surface area contributed by atoms with Gasteiger partial charge in [-0.1, -0.05) is 29.4 Å². The molecule has 25 heavy (non-hydrogen) atoms. The molecule has 1 aromatic heterocycles. The fraction of sp³-hybridized carbons (Fsp3) is 0.111. The minimum absolute atomic E-state index is 0.0393. The Balaban J connectivity index is 2.01. The molecule has 0 fully saturated rings. The molecule has 0 spiro atoms. The minimum atomic E-state index is -0.289. The molecule has 5 nitrogen and oxygen atoms in total. The van der Waals surface area contributed by atoms with Crippen LogP contribution in [0.25, 0.3) is 10.9 Å². The van der Waals surface area contributed by atoms with Crippen molar-refractivity contribution in [3.8, 4) is 0 Å². The SMILES string of the molecule is N/C(Cn1c(SCc2ccc(F)cc2)cc(=O)c2ccccc21)=N\O. The van der Waals surface area contributed by atoms with Gasteiger partial charge in [0.15, 0.2) is 11.3 Å². The summed E-state index contributed by atoms with van der Waals surface area (Å²) >= 11 is 1.44. The van der Waals surface area contributed by atoms with E-state index in [2.05, 4.69) is 5.16 Å². The normalized spacial score (nSPS) is 11.8. The lowest BCUT2D eigenvalue weighted by Crippen LogP contribution is -2.22. The summed E-state index contributed by atoms with van der Waals surface area (Å²) in [5, 5.41) is 13.2. The van der Waals surface area contributed by atoms with Crippen molar-refractivity contribution < 1.29 is 9.60 Å². The number of hydrogen-bond acceptors (Lipinski definition) is 4. The van der Waals surface area contributed by atoms with Crippen LogP contribution in [0, 0.1) is 5.82 Å². The number of thioether (sulfide) groups is 1. The van der Waals surface area contributed by atoms with E-state index in [9.17, 15) is 9.18 Å². The maximum absolute atomic E-state index is 13.0. The predicted molar refractivity (Wildman–Crippen MR) is 97.6 cm³/mol. The molecule has 0 aliphatic rings. The molecule has 3 N–H and O–H groups in total. The maximum Gasteiger partial charge on any atom is 0.190 e. The second kappa shape index (κ2) is 7.40. The van der Waals surface area contributed by atoms with E-state index in [0.717, 1.165) is 5.56 Å². The molecular formula is C18H16FN3O2S. The average Bonchev–Trinajstić information content (AvgIpc) is 2.63. The van der Waals surface area contributed by atoms with Crippen LogP contribution in [0.4, 0.5) is 4.39 Å². The lowest BCUT2D eigenvalue weighted by atomic mass is 10.2. The number of nitrogens with two attached hydrogens (primary N) is 1. The maximum atomic E-state index is 13.0. The van der Waals surface area contributed by atoms with Crippen molar-refractivity contribution in [2.45, 2.75) is 17.3 Å². The van der Waals surface area contributed by atoms with E-state index in [4.69, 9.17) is 10.9 Å². The van der Waals surface area contributed by atoms with Gasteiger partial charge in [0.05, 0.1) is 17.1 Å². The van der Waals surface area contributed by atoms with E-state index < -0.39 is 0 Å². The highest BCUT2D eigenvalue weighted by Crippen LogP contribution is 2.25. The van der Waals surface area contributed by atoms with E-state index in [1.165, 1.54) is 23.9 Å². The highest BCUT2D eigenvalue weighted by atomic mass is 32.2. The van der Waals surface area contributed by atoms with Gasteiger partial charge < -0.3 is 15.5 Å².